The molecule has 108 valence electrons. The normalized spacial score (nSPS) is 11.0. The topological polar surface area (TPSA) is 53.1 Å². The van der Waals surface area contributed by atoms with E-state index in [0.717, 1.165) is 23.2 Å². The summed E-state index contributed by atoms with van der Waals surface area (Å²) in [5.41, 5.74) is 9.38. The minimum absolute atomic E-state index is 0.178. The minimum Gasteiger partial charge on any atom is -0.494 e. The summed E-state index contributed by atoms with van der Waals surface area (Å²) in [5, 5.41) is 0. The van der Waals surface area contributed by atoms with E-state index in [0.29, 0.717) is 11.5 Å². The summed E-state index contributed by atoms with van der Waals surface area (Å²) in [4.78, 5) is 4.25. The molecule has 1 aromatic heterocycles. The molecule has 3 rings (SSSR count). The van der Waals surface area contributed by atoms with Crippen molar-refractivity contribution in [2.45, 2.75) is 13.3 Å². The van der Waals surface area contributed by atoms with Crippen LogP contribution in [0.2, 0.25) is 0 Å². The highest BCUT2D eigenvalue weighted by Crippen LogP contribution is 2.30. The minimum atomic E-state index is -0.446. The molecule has 0 unspecified atom stereocenters. The van der Waals surface area contributed by atoms with Crippen LogP contribution in [0.25, 0.3) is 16.7 Å². The lowest BCUT2D eigenvalue weighted by molar-refractivity contribution is 0.387. The van der Waals surface area contributed by atoms with E-state index in [2.05, 4.69) is 11.9 Å². The Labute approximate surface area is 122 Å². The molecule has 0 saturated carbocycles. The Hall–Kier alpha value is -2.56. The third kappa shape index (κ3) is 2.11. The van der Waals surface area contributed by atoms with E-state index in [1.54, 1.807) is 6.07 Å². The van der Waals surface area contributed by atoms with E-state index in [-0.39, 0.29) is 5.75 Å². The molecule has 0 amide bonds. The van der Waals surface area contributed by atoms with Gasteiger partial charge in [0.1, 0.15) is 0 Å². The van der Waals surface area contributed by atoms with Crippen LogP contribution in [0.1, 0.15) is 12.5 Å². The Morgan fingerprint density at radius 3 is 2.76 bits per heavy atom. The summed E-state index contributed by atoms with van der Waals surface area (Å²) >= 11 is 0. The smallest absolute Gasteiger partial charge is 0.205 e. The summed E-state index contributed by atoms with van der Waals surface area (Å²) in [6.45, 7) is 2.08. The van der Waals surface area contributed by atoms with Crippen molar-refractivity contribution < 1.29 is 9.13 Å². The summed E-state index contributed by atoms with van der Waals surface area (Å²) < 4.78 is 20.7. The molecule has 0 spiro atoms. The van der Waals surface area contributed by atoms with Gasteiger partial charge in [0, 0.05) is 12.1 Å². The van der Waals surface area contributed by atoms with Gasteiger partial charge in [-0.05, 0) is 18.1 Å². The molecule has 4 nitrogen and oxygen atoms in total. The fourth-order valence-electron chi connectivity index (χ4n) is 2.54. The van der Waals surface area contributed by atoms with Crippen LogP contribution in [0.5, 0.6) is 5.75 Å². The van der Waals surface area contributed by atoms with E-state index in [4.69, 9.17) is 10.5 Å². The van der Waals surface area contributed by atoms with Gasteiger partial charge in [-0.25, -0.2) is 9.37 Å². The number of anilines is 1. The molecular formula is C16H16FN3O. The van der Waals surface area contributed by atoms with Gasteiger partial charge in [0.2, 0.25) is 5.95 Å². The first kappa shape index (κ1) is 13.4. The van der Waals surface area contributed by atoms with Crippen LogP contribution in [0, 0.1) is 5.82 Å². The molecule has 0 radical (unpaired) electrons. The number of aromatic nitrogens is 2. The van der Waals surface area contributed by atoms with Gasteiger partial charge in [0.15, 0.2) is 11.6 Å². The molecule has 5 heteroatoms. The molecule has 0 fully saturated rings. The van der Waals surface area contributed by atoms with E-state index < -0.39 is 5.82 Å². The predicted molar refractivity (Wildman–Crippen MR) is 81.4 cm³/mol. The van der Waals surface area contributed by atoms with E-state index in [9.17, 15) is 4.39 Å². The van der Waals surface area contributed by atoms with Crippen molar-refractivity contribution in [3.8, 4) is 11.4 Å². The lowest BCUT2D eigenvalue weighted by Gasteiger charge is -2.11. The zero-order valence-electron chi connectivity index (χ0n) is 11.9. The zero-order valence-corrected chi connectivity index (χ0v) is 11.9. The number of halogens is 1. The van der Waals surface area contributed by atoms with E-state index in [1.807, 2.05) is 28.8 Å². The SMILES string of the molecule is CCc1ccccc1-n1c(N)nc2cc(F)c(OC)cc21. The summed E-state index contributed by atoms with van der Waals surface area (Å²) in [6, 6.07) is 10.9. The number of imidazole rings is 1. The van der Waals surface area contributed by atoms with Crippen LogP contribution in [-0.4, -0.2) is 16.7 Å². The standard InChI is InChI=1S/C16H16FN3O/c1-3-10-6-4-5-7-13(10)20-14-9-15(21-2)11(17)8-12(14)19-16(20)18/h4-9H,3H2,1-2H3,(H2,18,19). The molecule has 0 aliphatic rings. The van der Waals surface area contributed by atoms with Crippen molar-refractivity contribution >= 4 is 17.0 Å². The van der Waals surface area contributed by atoms with Crippen LogP contribution < -0.4 is 10.5 Å². The second-order valence-electron chi connectivity index (χ2n) is 4.76. The lowest BCUT2D eigenvalue weighted by Crippen LogP contribution is -2.03. The number of hydrogen-bond donors (Lipinski definition) is 1. The van der Waals surface area contributed by atoms with Crippen LogP contribution in [0.3, 0.4) is 0 Å². The number of benzene rings is 2. The largest absolute Gasteiger partial charge is 0.494 e. The molecule has 2 aromatic carbocycles. The first-order valence-corrected chi connectivity index (χ1v) is 6.75. The van der Waals surface area contributed by atoms with Crippen molar-refractivity contribution in [3.63, 3.8) is 0 Å². The molecule has 21 heavy (non-hydrogen) atoms. The van der Waals surface area contributed by atoms with E-state index >= 15 is 0 Å². The van der Waals surface area contributed by atoms with E-state index in [1.165, 1.54) is 13.2 Å². The molecule has 0 bridgehead atoms. The maximum absolute atomic E-state index is 13.8. The van der Waals surface area contributed by atoms with Crippen molar-refractivity contribution in [3.05, 3.63) is 47.8 Å². The number of nitrogens with zero attached hydrogens (tertiary/aromatic N) is 2. The lowest BCUT2D eigenvalue weighted by atomic mass is 10.1. The van der Waals surface area contributed by atoms with Crippen LogP contribution in [0.15, 0.2) is 36.4 Å². The molecule has 2 N–H and O–H groups in total. The number of nitrogens with two attached hydrogens (primary N) is 1. The predicted octanol–water partition coefficient (Wildman–Crippen LogP) is 3.32. The Kier molecular flexibility index (Phi) is 3.25. The Morgan fingerprint density at radius 2 is 2.05 bits per heavy atom. The maximum Gasteiger partial charge on any atom is 0.205 e. The molecule has 0 saturated heterocycles. The van der Waals surface area contributed by atoms with Gasteiger partial charge < -0.3 is 10.5 Å². The van der Waals surface area contributed by atoms with Gasteiger partial charge >= 0.3 is 0 Å². The quantitative estimate of drug-likeness (QED) is 0.803. The molecule has 0 atom stereocenters. The number of para-hydroxylation sites is 1. The van der Waals surface area contributed by atoms with Gasteiger partial charge in [0.25, 0.3) is 0 Å². The number of rotatable bonds is 3. The second-order valence-corrected chi connectivity index (χ2v) is 4.76. The molecular weight excluding hydrogens is 269 g/mol. The van der Waals surface area contributed by atoms with Gasteiger partial charge in [-0.15, -0.1) is 0 Å². The van der Waals surface area contributed by atoms with Crippen molar-refractivity contribution in [1.29, 1.82) is 0 Å². The maximum atomic E-state index is 13.8. The highest BCUT2D eigenvalue weighted by atomic mass is 19.1. The second kappa shape index (κ2) is 5.09. The van der Waals surface area contributed by atoms with Gasteiger partial charge in [-0.2, -0.15) is 0 Å². The first-order chi connectivity index (χ1) is 10.2. The molecule has 3 aromatic rings. The fraction of sp³-hybridized carbons (Fsp3) is 0.188. The summed E-state index contributed by atoms with van der Waals surface area (Å²) in [5.74, 6) is 0.0645. The Balaban J connectivity index is 2.34. The highest BCUT2D eigenvalue weighted by Gasteiger charge is 2.15. The molecule has 1 heterocycles. The summed E-state index contributed by atoms with van der Waals surface area (Å²) in [6.07, 6.45) is 0.869. The average Bonchev–Trinajstić information content (AvgIpc) is 2.80. The molecule has 0 aliphatic heterocycles. The first-order valence-electron chi connectivity index (χ1n) is 6.75. The number of nitrogen functional groups attached to an aromatic ring is 1. The average molecular weight is 285 g/mol. The molecule has 0 aliphatic carbocycles. The van der Waals surface area contributed by atoms with Gasteiger partial charge in [-0.3, -0.25) is 4.57 Å². The van der Waals surface area contributed by atoms with Gasteiger partial charge in [-0.1, -0.05) is 25.1 Å². The summed E-state index contributed by atoms with van der Waals surface area (Å²) in [7, 11) is 1.44. The number of ether oxygens (including phenoxy) is 1. The van der Waals surface area contributed by atoms with Gasteiger partial charge in [0.05, 0.1) is 23.8 Å². The van der Waals surface area contributed by atoms with Crippen molar-refractivity contribution in [2.75, 3.05) is 12.8 Å². The third-order valence-electron chi connectivity index (χ3n) is 3.57. The Bertz CT molecular complexity index is 811. The van der Waals surface area contributed by atoms with Crippen molar-refractivity contribution in [2.24, 2.45) is 0 Å². The van der Waals surface area contributed by atoms with Crippen molar-refractivity contribution in [1.82, 2.24) is 9.55 Å². The van der Waals surface area contributed by atoms with Crippen LogP contribution in [0.4, 0.5) is 10.3 Å². The Morgan fingerprint density at radius 1 is 1.29 bits per heavy atom. The fourth-order valence-corrected chi connectivity index (χ4v) is 2.54. The van der Waals surface area contributed by atoms with Crippen LogP contribution in [-0.2, 0) is 6.42 Å². The van der Waals surface area contributed by atoms with Crippen LogP contribution >= 0.6 is 0 Å². The number of fused-ring (bicyclic) bond motifs is 1. The highest BCUT2D eigenvalue weighted by molar-refractivity contribution is 5.82. The number of aryl methyl sites for hydroxylation is 1. The monoisotopic (exact) mass is 285 g/mol. The number of methoxy groups -OCH3 is 1. The number of hydrogen-bond acceptors (Lipinski definition) is 3. The zero-order chi connectivity index (χ0) is 15.0. The third-order valence-corrected chi connectivity index (χ3v) is 3.57.